The molecule has 0 unspecified atom stereocenters. The number of ether oxygens (including phenoxy) is 2. The highest BCUT2D eigenvalue weighted by Crippen LogP contribution is 2.21. The molecule has 0 bridgehead atoms. The van der Waals surface area contributed by atoms with Crippen LogP contribution < -0.4 is 20.5 Å². The molecule has 0 spiro atoms. The maximum Gasteiger partial charge on any atom is 0.436 e. The molecule has 0 atom stereocenters. The van der Waals surface area contributed by atoms with E-state index >= 15 is 0 Å². The first-order valence-electron chi connectivity index (χ1n) is 11.6. The second kappa shape index (κ2) is 11.1. The first kappa shape index (κ1) is 23.7. The molecule has 1 aliphatic heterocycles. The summed E-state index contributed by atoms with van der Waals surface area (Å²) in [5.41, 5.74) is 7.71. The van der Waals surface area contributed by atoms with Gasteiger partial charge in [0.25, 0.3) is 5.82 Å². The van der Waals surface area contributed by atoms with Gasteiger partial charge < -0.3 is 25.7 Å². The van der Waals surface area contributed by atoms with Crippen LogP contribution in [0.3, 0.4) is 0 Å². The van der Waals surface area contributed by atoms with Gasteiger partial charge in [0.05, 0.1) is 39.2 Å². The van der Waals surface area contributed by atoms with Crippen molar-refractivity contribution in [1.29, 1.82) is 0 Å². The van der Waals surface area contributed by atoms with E-state index in [1.165, 1.54) is 0 Å². The highest BCUT2D eigenvalue weighted by atomic mass is 16.6. The third-order valence-corrected chi connectivity index (χ3v) is 5.73. The van der Waals surface area contributed by atoms with Crippen LogP contribution in [0.4, 0.5) is 5.82 Å². The molecule has 3 aromatic rings. The minimum Gasteiger partial charge on any atom is -0.737 e. The molecular weight excluding hydrogens is 438 g/mol. The van der Waals surface area contributed by atoms with Gasteiger partial charge in [0.15, 0.2) is 5.52 Å². The summed E-state index contributed by atoms with van der Waals surface area (Å²) in [5.74, 6) is -0.171. The van der Waals surface area contributed by atoms with Crippen LogP contribution in [0.5, 0.6) is 6.01 Å². The molecule has 1 fully saturated rings. The Kier molecular flexibility index (Phi) is 7.76. The van der Waals surface area contributed by atoms with Gasteiger partial charge in [0.1, 0.15) is 0 Å². The van der Waals surface area contributed by atoms with E-state index in [1.54, 1.807) is 24.5 Å². The number of nitrogens with one attached hydrogen (secondary N) is 1. The fraction of sp³-hybridized carbons (Fsp3) is 0.478. The van der Waals surface area contributed by atoms with Crippen LogP contribution in [-0.2, 0) is 11.3 Å². The molecule has 11 heteroatoms. The van der Waals surface area contributed by atoms with E-state index in [-0.39, 0.29) is 6.01 Å². The fourth-order valence-corrected chi connectivity index (χ4v) is 3.83. The van der Waals surface area contributed by atoms with E-state index < -0.39 is 5.91 Å². The van der Waals surface area contributed by atoms with Gasteiger partial charge >= 0.3 is 6.01 Å². The minimum atomic E-state index is -0.485. The monoisotopic (exact) mass is 469 g/mol. The molecule has 1 amide bonds. The van der Waals surface area contributed by atoms with Crippen LogP contribution in [0.15, 0.2) is 30.6 Å². The van der Waals surface area contributed by atoms with E-state index in [0.717, 1.165) is 51.3 Å². The zero-order chi connectivity index (χ0) is 23.9. The SMILES string of the molecule is CCCCOc1nc2c(ncn2Cc2cccc(C(N)=O)c2)c(NCCN2CCOCC2)[n+]1[O-]. The van der Waals surface area contributed by atoms with Gasteiger partial charge in [-0.15, -0.1) is 0 Å². The Hall–Kier alpha value is -3.44. The predicted octanol–water partition coefficient (Wildman–Crippen LogP) is 1.13. The van der Waals surface area contributed by atoms with Crippen LogP contribution in [0.2, 0.25) is 0 Å². The van der Waals surface area contributed by atoms with Crippen molar-refractivity contribution in [3.63, 3.8) is 0 Å². The standard InChI is InChI=1S/C23H31N7O4/c1-2-3-11-34-23-27-22-19(21(30(23)32)25-7-8-28-9-12-33-13-10-28)26-16-29(22)15-17-5-4-6-18(14-17)20(24)31/h4-6,14,16,25H,2-3,7-13,15H2,1H3,(H2,24,31). The van der Waals surface area contributed by atoms with Gasteiger partial charge in [-0.2, -0.15) is 0 Å². The Morgan fingerprint density at radius 2 is 2.18 bits per heavy atom. The Labute approximate surface area is 198 Å². The average Bonchev–Trinajstić information content (AvgIpc) is 3.24. The highest BCUT2D eigenvalue weighted by Gasteiger charge is 2.23. The summed E-state index contributed by atoms with van der Waals surface area (Å²) in [5, 5.41) is 16.3. The number of unbranched alkanes of at least 4 members (excludes halogenated alkanes) is 1. The van der Waals surface area contributed by atoms with E-state index in [9.17, 15) is 10.0 Å². The van der Waals surface area contributed by atoms with E-state index in [1.807, 2.05) is 10.6 Å². The molecule has 11 nitrogen and oxygen atoms in total. The third kappa shape index (κ3) is 5.54. The summed E-state index contributed by atoms with van der Waals surface area (Å²) in [4.78, 5) is 22.8. The topological polar surface area (TPSA) is 134 Å². The van der Waals surface area contributed by atoms with Gasteiger partial charge in [-0.05, 0) is 29.1 Å². The molecule has 1 saturated heterocycles. The number of morpholine rings is 1. The lowest BCUT2D eigenvalue weighted by atomic mass is 10.1. The summed E-state index contributed by atoms with van der Waals surface area (Å²) >= 11 is 0. The molecule has 0 radical (unpaired) electrons. The summed E-state index contributed by atoms with van der Waals surface area (Å²) in [6.45, 7) is 7.40. The predicted molar refractivity (Wildman–Crippen MR) is 127 cm³/mol. The van der Waals surface area contributed by atoms with Crippen molar-refractivity contribution in [3.8, 4) is 6.01 Å². The van der Waals surface area contributed by atoms with E-state index in [0.29, 0.717) is 47.0 Å². The van der Waals surface area contributed by atoms with Crippen LogP contribution in [0.25, 0.3) is 11.2 Å². The van der Waals surface area contributed by atoms with Gasteiger partial charge in [0, 0.05) is 25.2 Å². The van der Waals surface area contributed by atoms with Gasteiger partial charge in [-0.1, -0.05) is 25.5 Å². The fourth-order valence-electron chi connectivity index (χ4n) is 3.83. The van der Waals surface area contributed by atoms with Gasteiger partial charge in [-0.25, -0.2) is 9.71 Å². The lowest BCUT2D eigenvalue weighted by Gasteiger charge is -2.26. The summed E-state index contributed by atoms with van der Waals surface area (Å²) in [6.07, 6.45) is 3.40. The number of nitrogens with zero attached hydrogens (tertiary/aromatic N) is 5. The number of imidazole rings is 1. The van der Waals surface area contributed by atoms with Crippen LogP contribution in [0.1, 0.15) is 35.7 Å². The molecule has 34 heavy (non-hydrogen) atoms. The van der Waals surface area contributed by atoms with Crippen molar-refractivity contribution >= 4 is 22.9 Å². The number of amides is 1. The molecular formula is C23H31N7O4. The molecule has 4 rings (SSSR count). The molecule has 0 aliphatic carbocycles. The summed E-state index contributed by atoms with van der Waals surface area (Å²) in [6, 6.07) is 7.08. The quantitative estimate of drug-likeness (QED) is 0.242. The smallest absolute Gasteiger partial charge is 0.436 e. The zero-order valence-electron chi connectivity index (χ0n) is 19.4. The molecule has 3 N–H and O–H groups in total. The third-order valence-electron chi connectivity index (χ3n) is 5.73. The van der Waals surface area contributed by atoms with E-state index in [2.05, 4.69) is 27.1 Å². The first-order valence-corrected chi connectivity index (χ1v) is 11.6. The Morgan fingerprint density at radius 1 is 1.35 bits per heavy atom. The zero-order valence-corrected chi connectivity index (χ0v) is 19.4. The average molecular weight is 470 g/mol. The normalized spacial score (nSPS) is 14.4. The Morgan fingerprint density at radius 3 is 2.94 bits per heavy atom. The van der Waals surface area contributed by atoms with Crippen molar-refractivity contribution in [2.75, 3.05) is 51.3 Å². The number of nitrogens with two attached hydrogens (primary N) is 1. The Balaban J connectivity index is 1.61. The number of hydrogen-bond acceptors (Lipinski definition) is 8. The number of hydrogen-bond donors (Lipinski definition) is 2. The van der Waals surface area contributed by atoms with Crippen molar-refractivity contribution in [2.45, 2.75) is 26.3 Å². The second-order valence-corrected chi connectivity index (χ2v) is 8.23. The van der Waals surface area contributed by atoms with E-state index in [4.69, 9.17) is 15.2 Å². The highest BCUT2D eigenvalue weighted by molar-refractivity contribution is 5.92. The van der Waals surface area contributed by atoms with Gasteiger partial charge in [0.2, 0.25) is 11.6 Å². The minimum absolute atomic E-state index is 0.0116. The first-order chi connectivity index (χ1) is 16.6. The number of carbonyl (C=O) groups excluding carboxylic acids is 1. The summed E-state index contributed by atoms with van der Waals surface area (Å²) in [7, 11) is 0. The van der Waals surface area contributed by atoms with Crippen LogP contribution in [-0.4, -0.2) is 71.3 Å². The molecule has 182 valence electrons. The van der Waals surface area contributed by atoms with Crippen molar-refractivity contribution < 1.29 is 19.0 Å². The number of primary amides is 1. The lowest BCUT2D eigenvalue weighted by molar-refractivity contribution is -0.600. The summed E-state index contributed by atoms with van der Waals surface area (Å²) < 4.78 is 13.6. The lowest BCUT2D eigenvalue weighted by Crippen LogP contribution is -2.40. The number of carbonyl (C=O) groups is 1. The Bertz CT molecular complexity index is 1130. The number of anilines is 1. The second-order valence-electron chi connectivity index (χ2n) is 8.23. The van der Waals surface area contributed by atoms with Crippen LogP contribution in [0, 0.1) is 5.21 Å². The van der Waals surface area contributed by atoms with Crippen LogP contribution >= 0.6 is 0 Å². The number of benzene rings is 1. The van der Waals surface area contributed by atoms with Crippen molar-refractivity contribution in [3.05, 3.63) is 46.9 Å². The number of rotatable bonds is 11. The van der Waals surface area contributed by atoms with Crippen molar-refractivity contribution in [2.24, 2.45) is 5.73 Å². The van der Waals surface area contributed by atoms with Crippen molar-refractivity contribution in [1.82, 2.24) is 19.4 Å². The maximum atomic E-state index is 13.1. The molecule has 0 saturated carbocycles. The molecule has 2 aromatic heterocycles. The van der Waals surface area contributed by atoms with Gasteiger partial charge in [-0.3, -0.25) is 14.3 Å². The number of fused-ring (bicyclic) bond motifs is 1. The molecule has 1 aromatic carbocycles. The molecule has 1 aliphatic rings. The molecule has 3 heterocycles. The number of aromatic nitrogens is 4. The maximum absolute atomic E-state index is 13.1. The largest absolute Gasteiger partial charge is 0.737 e.